The SMILES string of the molecule is CC(=O)OC[C@@H](OC(C)=O)[C@H]1OC(O)(C(=O)O)C[C@@H](OC(C)=O)[C@H]1OC(C)=O. The molecule has 1 fully saturated rings. The third-order valence-corrected chi connectivity index (χ3v) is 3.59. The van der Waals surface area contributed by atoms with Crippen molar-refractivity contribution in [1.82, 2.24) is 0 Å². The van der Waals surface area contributed by atoms with Gasteiger partial charge < -0.3 is 33.9 Å². The Morgan fingerprint density at radius 3 is 2.00 bits per heavy atom. The van der Waals surface area contributed by atoms with Crippen molar-refractivity contribution in [2.75, 3.05) is 6.61 Å². The Bertz CT molecular complexity index is 644. The predicted octanol–water partition coefficient (Wildman–Crippen LogP) is -1.09. The number of hydrogen-bond acceptors (Lipinski definition) is 11. The van der Waals surface area contributed by atoms with E-state index < -0.39 is 73.1 Å². The van der Waals surface area contributed by atoms with Gasteiger partial charge >= 0.3 is 29.8 Å². The monoisotopic (exact) mass is 406 g/mol. The van der Waals surface area contributed by atoms with Gasteiger partial charge in [0.05, 0.1) is 6.42 Å². The van der Waals surface area contributed by atoms with Crippen LogP contribution in [0, 0.1) is 0 Å². The first-order valence-electron chi connectivity index (χ1n) is 8.14. The van der Waals surface area contributed by atoms with Crippen molar-refractivity contribution in [2.45, 2.75) is 64.3 Å². The second-order valence-corrected chi connectivity index (χ2v) is 6.05. The number of esters is 4. The highest BCUT2D eigenvalue weighted by Crippen LogP contribution is 2.34. The van der Waals surface area contributed by atoms with Gasteiger partial charge in [-0.15, -0.1) is 0 Å². The molecule has 0 amide bonds. The zero-order chi connectivity index (χ0) is 21.6. The fourth-order valence-electron chi connectivity index (χ4n) is 2.63. The number of aliphatic carboxylic acids is 1. The van der Waals surface area contributed by atoms with Crippen molar-refractivity contribution in [3.63, 3.8) is 0 Å². The number of carboxylic acid groups (broad SMARTS) is 1. The van der Waals surface area contributed by atoms with Gasteiger partial charge in [-0.05, 0) is 0 Å². The lowest BCUT2D eigenvalue weighted by Gasteiger charge is -2.44. The molecule has 5 atom stereocenters. The standard InChI is InChI=1S/C16H22O12/c1-7(17)24-6-12(26-9(3)19)14-13(27-10(4)20)11(25-8(2)18)5-16(23,28-14)15(21)22/h11-14,23H,5-6H2,1-4H3,(H,21,22)/t11-,12-,13-,14-,16?/m1/s1. The van der Waals surface area contributed by atoms with Crippen LogP contribution in [0.2, 0.25) is 0 Å². The van der Waals surface area contributed by atoms with E-state index in [0.29, 0.717) is 0 Å². The Morgan fingerprint density at radius 2 is 1.57 bits per heavy atom. The van der Waals surface area contributed by atoms with E-state index in [1.807, 2.05) is 0 Å². The molecule has 12 heteroatoms. The van der Waals surface area contributed by atoms with Crippen LogP contribution in [0.5, 0.6) is 0 Å². The third-order valence-electron chi connectivity index (χ3n) is 3.59. The van der Waals surface area contributed by atoms with Crippen LogP contribution in [0.15, 0.2) is 0 Å². The van der Waals surface area contributed by atoms with E-state index in [-0.39, 0.29) is 0 Å². The fraction of sp³-hybridized carbons (Fsp3) is 0.688. The number of carbonyl (C=O) groups is 5. The van der Waals surface area contributed by atoms with Crippen LogP contribution >= 0.6 is 0 Å². The number of carboxylic acids is 1. The van der Waals surface area contributed by atoms with Crippen LogP contribution in [0.4, 0.5) is 0 Å². The predicted molar refractivity (Wildman–Crippen MR) is 85.4 cm³/mol. The van der Waals surface area contributed by atoms with E-state index in [2.05, 4.69) is 0 Å². The van der Waals surface area contributed by atoms with Gasteiger partial charge in [0.1, 0.15) is 18.8 Å². The summed E-state index contributed by atoms with van der Waals surface area (Å²) in [5.74, 6) is -7.95. The topological polar surface area (TPSA) is 172 Å². The lowest BCUT2D eigenvalue weighted by atomic mass is 9.92. The lowest BCUT2D eigenvalue weighted by molar-refractivity contribution is -0.312. The highest BCUT2D eigenvalue weighted by atomic mass is 16.7. The smallest absolute Gasteiger partial charge is 0.364 e. The summed E-state index contributed by atoms with van der Waals surface area (Å²) in [6.07, 6.45) is -6.78. The number of rotatable bonds is 7. The molecule has 1 rings (SSSR count). The molecule has 12 nitrogen and oxygen atoms in total. The second-order valence-electron chi connectivity index (χ2n) is 6.05. The van der Waals surface area contributed by atoms with E-state index in [1.54, 1.807) is 0 Å². The van der Waals surface area contributed by atoms with E-state index in [9.17, 15) is 34.2 Å². The number of aliphatic hydroxyl groups is 1. The summed E-state index contributed by atoms with van der Waals surface area (Å²) in [5.41, 5.74) is 0. The Morgan fingerprint density at radius 1 is 1.00 bits per heavy atom. The minimum atomic E-state index is -2.85. The van der Waals surface area contributed by atoms with E-state index in [4.69, 9.17) is 23.7 Å². The van der Waals surface area contributed by atoms with Gasteiger partial charge in [-0.25, -0.2) is 4.79 Å². The molecule has 1 unspecified atom stereocenters. The number of ether oxygens (including phenoxy) is 5. The molecule has 0 aliphatic carbocycles. The summed E-state index contributed by atoms with van der Waals surface area (Å²) in [6, 6.07) is 0. The summed E-state index contributed by atoms with van der Waals surface area (Å²) in [4.78, 5) is 56.9. The van der Waals surface area contributed by atoms with Gasteiger partial charge in [0.15, 0.2) is 12.2 Å². The average Bonchev–Trinajstić information content (AvgIpc) is 2.52. The molecule has 1 saturated heterocycles. The van der Waals surface area contributed by atoms with Crippen LogP contribution in [-0.4, -0.2) is 76.9 Å². The normalized spacial score (nSPS) is 27.8. The van der Waals surface area contributed by atoms with Crippen molar-refractivity contribution >= 4 is 29.8 Å². The summed E-state index contributed by atoms with van der Waals surface area (Å²) >= 11 is 0. The van der Waals surface area contributed by atoms with E-state index in [1.165, 1.54) is 0 Å². The first-order valence-corrected chi connectivity index (χ1v) is 8.14. The average molecular weight is 406 g/mol. The van der Waals surface area contributed by atoms with Crippen molar-refractivity contribution in [2.24, 2.45) is 0 Å². The van der Waals surface area contributed by atoms with Gasteiger partial charge in [0.2, 0.25) is 0 Å². The molecule has 2 N–H and O–H groups in total. The summed E-state index contributed by atoms with van der Waals surface area (Å²) in [5, 5.41) is 19.6. The Kier molecular flexibility index (Phi) is 7.88. The molecule has 0 saturated carbocycles. The molecule has 28 heavy (non-hydrogen) atoms. The number of carbonyl (C=O) groups excluding carboxylic acids is 4. The zero-order valence-electron chi connectivity index (χ0n) is 15.7. The maximum absolute atomic E-state index is 11.5. The molecule has 0 spiro atoms. The molecular formula is C16H22O12. The first-order chi connectivity index (χ1) is 12.9. The second kappa shape index (κ2) is 9.46. The molecule has 1 heterocycles. The largest absolute Gasteiger partial charge is 0.477 e. The van der Waals surface area contributed by atoms with Gasteiger partial charge in [-0.2, -0.15) is 0 Å². The van der Waals surface area contributed by atoms with Crippen molar-refractivity contribution < 1.29 is 57.9 Å². The van der Waals surface area contributed by atoms with Crippen LogP contribution in [-0.2, 0) is 47.7 Å². The highest BCUT2D eigenvalue weighted by molar-refractivity contribution is 5.76. The van der Waals surface area contributed by atoms with Gasteiger partial charge in [0.25, 0.3) is 5.79 Å². The summed E-state index contributed by atoms with van der Waals surface area (Å²) in [6.45, 7) is 3.56. The fourth-order valence-corrected chi connectivity index (χ4v) is 2.63. The molecule has 1 aliphatic heterocycles. The molecule has 0 aromatic carbocycles. The van der Waals surface area contributed by atoms with Gasteiger partial charge in [0, 0.05) is 27.7 Å². The van der Waals surface area contributed by atoms with Gasteiger partial charge in [-0.1, -0.05) is 0 Å². The molecule has 0 aromatic heterocycles. The lowest BCUT2D eigenvalue weighted by Crippen LogP contribution is -2.64. The molecule has 158 valence electrons. The van der Waals surface area contributed by atoms with Crippen molar-refractivity contribution in [3.05, 3.63) is 0 Å². The summed E-state index contributed by atoms with van der Waals surface area (Å²) in [7, 11) is 0. The molecule has 0 bridgehead atoms. The van der Waals surface area contributed by atoms with Crippen LogP contribution in [0.25, 0.3) is 0 Å². The van der Waals surface area contributed by atoms with Gasteiger partial charge in [-0.3, -0.25) is 19.2 Å². The number of hydrogen-bond donors (Lipinski definition) is 2. The van der Waals surface area contributed by atoms with Crippen molar-refractivity contribution in [3.8, 4) is 0 Å². The maximum Gasteiger partial charge on any atom is 0.364 e. The quantitative estimate of drug-likeness (QED) is 0.387. The minimum Gasteiger partial charge on any atom is -0.477 e. The molecule has 0 aromatic rings. The Balaban J connectivity index is 3.36. The van der Waals surface area contributed by atoms with Crippen LogP contribution < -0.4 is 0 Å². The van der Waals surface area contributed by atoms with Crippen LogP contribution in [0.1, 0.15) is 34.1 Å². The molecule has 0 radical (unpaired) electrons. The maximum atomic E-state index is 11.5. The van der Waals surface area contributed by atoms with Crippen LogP contribution in [0.3, 0.4) is 0 Å². The van der Waals surface area contributed by atoms with E-state index >= 15 is 0 Å². The molecule has 1 aliphatic rings. The molecular weight excluding hydrogens is 384 g/mol. The Labute approximate surface area is 159 Å². The van der Waals surface area contributed by atoms with E-state index in [0.717, 1.165) is 27.7 Å². The van der Waals surface area contributed by atoms with Crippen molar-refractivity contribution in [1.29, 1.82) is 0 Å². The zero-order valence-corrected chi connectivity index (χ0v) is 15.7. The first kappa shape index (κ1) is 23.3. The summed E-state index contributed by atoms with van der Waals surface area (Å²) < 4.78 is 25.0. The third kappa shape index (κ3) is 6.46. The minimum absolute atomic E-state index is 0.597. The Hall–Kier alpha value is -2.73. The highest BCUT2D eigenvalue weighted by Gasteiger charge is 2.56.